The highest BCUT2D eigenvalue weighted by Gasteiger charge is 2.19. The molecule has 0 spiro atoms. The molecule has 2 N–H and O–H groups in total. The minimum atomic E-state index is 0.0200. The first-order valence-electron chi connectivity index (χ1n) is 5.82. The fourth-order valence-corrected chi connectivity index (χ4v) is 1.78. The second kappa shape index (κ2) is 4.78. The Morgan fingerprint density at radius 1 is 1.35 bits per heavy atom. The molecular formula is C14H22N2O. The molecule has 1 aromatic rings. The van der Waals surface area contributed by atoms with Crippen LogP contribution in [0.5, 0.6) is 0 Å². The van der Waals surface area contributed by atoms with E-state index >= 15 is 0 Å². The first-order chi connectivity index (χ1) is 7.70. The van der Waals surface area contributed by atoms with Gasteiger partial charge in [0.1, 0.15) is 0 Å². The maximum atomic E-state index is 12.2. The number of carbonyl (C=O) groups is 1. The van der Waals surface area contributed by atoms with Gasteiger partial charge in [-0.3, -0.25) is 4.79 Å². The molecule has 0 aliphatic heterocycles. The maximum Gasteiger partial charge on any atom is 0.253 e. The lowest BCUT2D eigenvalue weighted by molar-refractivity contribution is 0.0745. The van der Waals surface area contributed by atoms with Gasteiger partial charge in [0.05, 0.1) is 0 Å². The van der Waals surface area contributed by atoms with Crippen LogP contribution < -0.4 is 5.73 Å². The second-order valence-corrected chi connectivity index (χ2v) is 5.79. The Bertz CT molecular complexity index is 419. The summed E-state index contributed by atoms with van der Waals surface area (Å²) in [5, 5.41) is 0. The summed E-state index contributed by atoms with van der Waals surface area (Å²) in [6.07, 6.45) is 0. The van der Waals surface area contributed by atoms with E-state index in [2.05, 4.69) is 20.8 Å². The van der Waals surface area contributed by atoms with Crippen molar-refractivity contribution < 1.29 is 4.79 Å². The fourth-order valence-electron chi connectivity index (χ4n) is 1.78. The van der Waals surface area contributed by atoms with E-state index in [1.54, 1.807) is 11.0 Å². The zero-order valence-electron chi connectivity index (χ0n) is 11.4. The molecule has 1 amide bonds. The zero-order valence-corrected chi connectivity index (χ0v) is 11.4. The molecule has 94 valence electrons. The number of rotatable bonds is 2. The average molecular weight is 234 g/mol. The maximum absolute atomic E-state index is 12.2. The molecule has 3 nitrogen and oxygen atoms in total. The van der Waals surface area contributed by atoms with Gasteiger partial charge in [-0.1, -0.05) is 26.8 Å². The van der Waals surface area contributed by atoms with Gasteiger partial charge in [-0.2, -0.15) is 0 Å². The predicted molar refractivity (Wildman–Crippen MR) is 72.0 cm³/mol. The number of anilines is 1. The number of carbonyl (C=O) groups excluding carboxylic acids is 1. The molecule has 0 saturated carbocycles. The summed E-state index contributed by atoms with van der Waals surface area (Å²) in [5.74, 6) is 0.0200. The van der Waals surface area contributed by atoms with E-state index in [4.69, 9.17) is 5.73 Å². The molecule has 3 heteroatoms. The van der Waals surface area contributed by atoms with Crippen LogP contribution in [0.15, 0.2) is 18.2 Å². The monoisotopic (exact) mass is 234 g/mol. The van der Waals surface area contributed by atoms with Crippen molar-refractivity contribution in [3.8, 4) is 0 Å². The fraction of sp³-hybridized carbons (Fsp3) is 0.500. The van der Waals surface area contributed by atoms with Crippen molar-refractivity contribution in [1.29, 1.82) is 0 Å². The van der Waals surface area contributed by atoms with Crippen LogP contribution in [-0.4, -0.2) is 24.4 Å². The lowest BCUT2D eigenvalue weighted by Crippen LogP contribution is -2.34. The Hall–Kier alpha value is -1.51. The molecule has 0 aliphatic carbocycles. The Balaban J connectivity index is 2.85. The molecule has 1 aromatic carbocycles. The summed E-state index contributed by atoms with van der Waals surface area (Å²) in [4.78, 5) is 13.9. The standard InChI is InChI=1S/C14H22N2O/c1-10-6-7-11(8-12(10)15)13(17)16(5)9-14(2,3)4/h6-8H,9,15H2,1-5H3. The minimum Gasteiger partial charge on any atom is -0.398 e. The van der Waals surface area contributed by atoms with Gasteiger partial charge >= 0.3 is 0 Å². The third-order valence-electron chi connectivity index (χ3n) is 2.58. The number of hydrogen-bond donors (Lipinski definition) is 1. The summed E-state index contributed by atoms with van der Waals surface area (Å²) in [5.41, 5.74) is 8.23. The molecule has 1 rings (SSSR count). The first-order valence-corrected chi connectivity index (χ1v) is 5.82. The lowest BCUT2D eigenvalue weighted by Gasteiger charge is -2.26. The Morgan fingerprint density at radius 3 is 2.41 bits per heavy atom. The van der Waals surface area contributed by atoms with Crippen molar-refractivity contribution in [2.75, 3.05) is 19.3 Å². The molecule has 0 heterocycles. The van der Waals surface area contributed by atoms with Gasteiger partial charge in [0.25, 0.3) is 5.91 Å². The summed E-state index contributed by atoms with van der Waals surface area (Å²) in [6, 6.07) is 5.46. The van der Waals surface area contributed by atoms with Gasteiger partial charge in [0.15, 0.2) is 0 Å². The van der Waals surface area contributed by atoms with Crippen LogP contribution in [-0.2, 0) is 0 Å². The molecule has 0 atom stereocenters. The summed E-state index contributed by atoms with van der Waals surface area (Å²) >= 11 is 0. The van der Waals surface area contributed by atoms with E-state index < -0.39 is 0 Å². The van der Waals surface area contributed by atoms with E-state index in [0.717, 1.165) is 12.1 Å². The molecule has 0 unspecified atom stereocenters. The molecular weight excluding hydrogens is 212 g/mol. The summed E-state index contributed by atoms with van der Waals surface area (Å²) < 4.78 is 0. The van der Waals surface area contributed by atoms with Gasteiger partial charge in [0, 0.05) is 24.8 Å². The third-order valence-corrected chi connectivity index (χ3v) is 2.58. The number of nitrogens with two attached hydrogens (primary N) is 1. The van der Waals surface area contributed by atoms with Gasteiger partial charge in [-0.15, -0.1) is 0 Å². The third kappa shape index (κ3) is 3.77. The lowest BCUT2D eigenvalue weighted by atomic mass is 9.96. The normalized spacial score (nSPS) is 11.4. The van der Waals surface area contributed by atoms with Gasteiger partial charge in [-0.05, 0) is 30.0 Å². The highest BCUT2D eigenvalue weighted by molar-refractivity contribution is 5.95. The van der Waals surface area contributed by atoms with Crippen molar-refractivity contribution in [1.82, 2.24) is 4.90 Å². The van der Waals surface area contributed by atoms with E-state index in [1.807, 2.05) is 26.1 Å². The van der Waals surface area contributed by atoms with Crippen LogP contribution in [0.3, 0.4) is 0 Å². The van der Waals surface area contributed by atoms with Crippen LogP contribution in [0.2, 0.25) is 0 Å². The van der Waals surface area contributed by atoms with Crippen molar-refractivity contribution in [2.24, 2.45) is 5.41 Å². The van der Waals surface area contributed by atoms with E-state index in [9.17, 15) is 4.79 Å². The Morgan fingerprint density at radius 2 is 1.94 bits per heavy atom. The average Bonchev–Trinajstić information content (AvgIpc) is 2.18. The SMILES string of the molecule is Cc1ccc(C(=O)N(C)CC(C)(C)C)cc1N. The number of nitrogen functional groups attached to an aromatic ring is 1. The van der Waals surface area contributed by atoms with E-state index in [1.165, 1.54) is 0 Å². The van der Waals surface area contributed by atoms with E-state index in [0.29, 0.717) is 11.3 Å². The predicted octanol–water partition coefficient (Wildman–Crippen LogP) is 2.70. The van der Waals surface area contributed by atoms with Crippen molar-refractivity contribution in [3.05, 3.63) is 29.3 Å². The number of nitrogens with zero attached hydrogens (tertiary/aromatic N) is 1. The first kappa shape index (κ1) is 13.6. The van der Waals surface area contributed by atoms with Crippen LogP contribution in [0.1, 0.15) is 36.7 Å². The quantitative estimate of drug-likeness (QED) is 0.800. The Kier molecular flexibility index (Phi) is 3.81. The van der Waals surface area contributed by atoms with Gasteiger partial charge in [0.2, 0.25) is 0 Å². The van der Waals surface area contributed by atoms with Gasteiger partial charge in [-0.25, -0.2) is 0 Å². The Labute approximate surface area is 104 Å². The number of hydrogen-bond acceptors (Lipinski definition) is 2. The molecule has 0 bridgehead atoms. The smallest absolute Gasteiger partial charge is 0.253 e. The van der Waals surface area contributed by atoms with Crippen LogP contribution in [0, 0.1) is 12.3 Å². The highest BCUT2D eigenvalue weighted by Crippen LogP contribution is 2.18. The van der Waals surface area contributed by atoms with Crippen molar-refractivity contribution in [3.63, 3.8) is 0 Å². The largest absolute Gasteiger partial charge is 0.398 e. The van der Waals surface area contributed by atoms with Gasteiger partial charge < -0.3 is 10.6 Å². The summed E-state index contributed by atoms with van der Waals surface area (Å²) in [7, 11) is 1.82. The molecule has 0 fully saturated rings. The topological polar surface area (TPSA) is 46.3 Å². The van der Waals surface area contributed by atoms with Crippen LogP contribution in [0.25, 0.3) is 0 Å². The molecule has 0 radical (unpaired) electrons. The summed E-state index contributed by atoms with van der Waals surface area (Å²) in [6.45, 7) is 8.99. The van der Waals surface area contributed by atoms with Crippen molar-refractivity contribution >= 4 is 11.6 Å². The number of benzene rings is 1. The van der Waals surface area contributed by atoms with Crippen LogP contribution in [0.4, 0.5) is 5.69 Å². The van der Waals surface area contributed by atoms with E-state index in [-0.39, 0.29) is 11.3 Å². The molecule has 0 aromatic heterocycles. The molecule has 0 aliphatic rings. The highest BCUT2D eigenvalue weighted by atomic mass is 16.2. The number of aryl methyl sites for hydroxylation is 1. The zero-order chi connectivity index (χ0) is 13.2. The minimum absolute atomic E-state index is 0.0200. The van der Waals surface area contributed by atoms with Crippen molar-refractivity contribution in [2.45, 2.75) is 27.7 Å². The van der Waals surface area contributed by atoms with Crippen LogP contribution >= 0.6 is 0 Å². The number of amides is 1. The molecule has 17 heavy (non-hydrogen) atoms. The molecule has 0 saturated heterocycles. The second-order valence-electron chi connectivity index (χ2n) is 5.79.